The highest BCUT2D eigenvalue weighted by atomic mass is 35.5. The van der Waals surface area contributed by atoms with Gasteiger partial charge in [0.15, 0.2) is 5.17 Å². The Morgan fingerprint density at radius 3 is 2.68 bits per heavy atom. The second-order valence-corrected chi connectivity index (χ2v) is 8.22. The highest BCUT2D eigenvalue weighted by molar-refractivity contribution is 8.18. The zero-order chi connectivity index (χ0) is 22.0. The van der Waals surface area contributed by atoms with Crippen molar-refractivity contribution in [2.75, 3.05) is 14.2 Å². The van der Waals surface area contributed by atoms with E-state index in [9.17, 15) is 4.79 Å². The number of carbonyl (C=O) groups is 1. The molecule has 2 heterocycles. The molecule has 0 bridgehead atoms. The first-order valence-corrected chi connectivity index (χ1v) is 10.6. The van der Waals surface area contributed by atoms with Crippen LogP contribution in [0.1, 0.15) is 5.76 Å². The third-order valence-electron chi connectivity index (χ3n) is 4.35. The number of carbonyl (C=O) groups excluding carboxylic acids is 1. The van der Waals surface area contributed by atoms with Gasteiger partial charge in [0.05, 0.1) is 24.1 Å². The van der Waals surface area contributed by atoms with Gasteiger partial charge in [0.1, 0.15) is 28.7 Å². The first-order valence-electron chi connectivity index (χ1n) is 9.03. The summed E-state index contributed by atoms with van der Waals surface area (Å²) in [6.45, 7) is 0. The van der Waals surface area contributed by atoms with Gasteiger partial charge >= 0.3 is 0 Å². The highest BCUT2D eigenvalue weighted by Gasteiger charge is 2.25. The molecule has 0 atom stereocenters. The lowest BCUT2D eigenvalue weighted by Gasteiger charge is -2.07. The first kappa shape index (κ1) is 21.4. The van der Waals surface area contributed by atoms with Crippen LogP contribution < -0.4 is 14.8 Å². The largest absolute Gasteiger partial charge is 0.497 e. The molecule has 158 valence electrons. The molecule has 1 aromatic heterocycles. The van der Waals surface area contributed by atoms with Crippen molar-refractivity contribution in [2.45, 2.75) is 0 Å². The SMILES string of the molecule is COc1ccc(N=C2NC(=O)C(=Cc3ccc(-c4cc(Cl)ccc4Cl)o3)S2)c(OC)c1. The summed E-state index contributed by atoms with van der Waals surface area (Å²) in [5.74, 6) is 1.98. The molecule has 0 aliphatic carbocycles. The number of benzene rings is 2. The molecule has 1 aliphatic heterocycles. The van der Waals surface area contributed by atoms with Crippen molar-refractivity contribution >= 4 is 57.8 Å². The van der Waals surface area contributed by atoms with Gasteiger partial charge in [-0.25, -0.2) is 4.99 Å². The molecule has 4 rings (SSSR count). The Bertz CT molecular complexity index is 1220. The van der Waals surface area contributed by atoms with Crippen molar-refractivity contribution in [3.8, 4) is 22.8 Å². The van der Waals surface area contributed by atoms with Crippen molar-refractivity contribution in [3.05, 3.63) is 69.2 Å². The van der Waals surface area contributed by atoms with Crippen molar-refractivity contribution in [2.24, 2.45) is 4.99 Å². The molecule has 2 aromatic carbocycles. The summed E-state index contributed by atoms with van der Waals surface area (Å²) >= 11 is 13.5. The van der Waals surface area contributed by atoms with E-state index in [0.717, 1.165) is 0 Å². The number of furan rings is 1. The molecule has 1 saturated heterocycles. The fourth-order valence-electron chi connectivity index (χ4n) is 2.86. The Balaban J connectivity index is 1.57. The van der Waals surface area contributed by atoms with Crippen molar-refractivity contribution in [1.82, 2.24) is 5.32 Å². The molecule has 1 aliphatic rings. The number of amidine groups is 1. The molecular weight excluding hydrogens is 459 g/mol. The Morgan fingerprint density at radius 2 is 1.90 bits per heavy atom. The van der Waals surface area contributed by atoms with Crippen LogP contribution in [0.4, 0.5) is 5.69 Å². The minimum atomic E-state index is -0.269. The quantitative estimate of drug-likeness (QED) is 0.448. The molecule has 6 nitrogen and oxygen atoms in total. The van der Waals surface area contributed by atoms with E-state index < -0.39 is 0 Å². The highest BCUT2D eigenvalue weighted by Crippen LogP contribution is 2.36. The number of hydrogen-bond acceptors (Lipinski definition) is 6. The van der Waals surface area contributed by atoms with Crippen LogP contribution in [-0.4, -0.2) is 25.3 Å². The Morgan fingerprint density at radius 1 is 1.06 bits per heavy atom. The van der Waals surface area contributed by atoms with Crippen LogP contribution in [0.25, 0.3) is 17.4 Å². The van der Waals surface area contributed by atoms with Crippen LogP contribution >= 0.6 is 35.0 Å². The van der Waals surface area contributed by atoms with Crippen LogP contribution in [0.5, 0.6) is 11.5 Å². The van der Waals surface area contributed by atoms with E-state index in [1.807, 2.05) is 0 Å². The molecule has 0 saturated carbocycles. The van der Waals surface area contributed by atoms with Crippen LogP contribution in [0, 0.1) is 0 Å². The number of nitrogens with zero attached hydrogens (tertiary/aromatic N) is 1. The number of ether oxygens (including phenoxy) is 2. The number of hydrogen-bond donors (Lipinski definition) is 1. The van der Waals surface area contributed by atoms with Crippen molar-refractivity contribution < 1.29 is 18.7 Å². The fourth-order valence-corrected chi connectivity index (χ4v) is 4.06. The lowest BCUT2D eigenvalue weighted by atomic mass is 10.2. The second kappa shape index (κ2) is 9.09. The minimum absolute atomic E-state index is 0.269. The predicted octanol–water partition coefficient (Wildman–Crippen LogP) is 6.16. The van der Waals surface area contributed by atoms with Gasteiger partial charge in [0, 0.05) is 22.7 Å². The number of amides is 1. The summed E-state index contributed by atoms with van der Waals surface area (Å²) < 4.78 is 16.4. The molecule has 1 N–H and O–H groups in total. The van der Waals surface area contributed by atoms with Crippen LogP contribution in [0.15, 0.2) is 62.8 Å². The number of nitrogens with one attached hydrogen (secondary N) is 1. The second-order valence-electron chi connectivity index (χ2n) is 6.35. The Kier molecular flexibility index (Phi) is 6.27. The maximum Gasteiger partial charge on any atom is 0.264 e. The van der Waals surface area contributed by atoms with Gasteiger partial charge in [-0.05, 0) is 54.2 Å². The van der Waals surface area contributed by atoms with E-state index in [4.69, 9.17) is 37.1 Å². The summed E-state index contributed by atoms with van der Waals surface area (Å²) in [4.78, 5) is 17.3. The van der Waals surface area contributed by atoms with Crippen LogP contribution in [0.2, 0.25) is 10.0 Å². The Labute approximate surface area is 192 Å². The summed E-state index contributed by atoms with van der Waals surface area (Å²) in [5.41, 5.74) is 1.25. The summed E-state index contributed by atoms with van der Waals surface area (Å²) in [6, 6.07) is 13.9. The molecule has 9 heteroatoms. The van der Waals surface area contributed by atoms with Gasteiger partial charge < -0.3 is 19.2 Å². The number of rotatable bonds is 5. The zero-order valence-corrected chi connectivity index (χ0v) is 18.8. The molecule has 0 unspecified atom stereocenters. The number of thioether (sulfide) groups is 1. The topological polar surface area (TPSA) is 73.1 Å². The maximum atomic E-state index is 12.4. The standard InChI is InChI=1S/C22H16Cl2N2O4S/c1-28-13-4-7-17(19(10-13)29-2)25-22-26-21(27)20(31-22)11-14-5-8-18(30-14)15-9-12(23)3-6-16(15)24/h3-11H,1-2H3,(H,25,26,27). The third kappa shape index (κ3) is 4.74. The number of halogens is 2. The number of methoxy groups -OCH3 is 2. The molecular formula is C22H16Cl2N2O4S. The van der Waals surface area contributed by atoms with E-state index in [1.54, 1.807) is 68.8 Å². The van der Waals surface area contributed by atoms with Gasteiger partial charge in [-0.1, -0.05) is 23.2 Å². The van der Waals surface area contributed by atoms with Gasteiger partial charge in [0.2, 0.25) is 0 Å². The smallest absolute Gasteiger partial charge is 0.264 e. The zero-order valence-electron chi connectivity index (χ0n) is 16.4. The number of aliphatic imine (C=N–C) groups is 1. The van der Waals surface area contributed by atoms with E-state index in [1.165, 1.54) is 11.8 Å². The van der Waals surface area contributed by atoms with Crippen molar-refractivity contribution in [3.63, 3.8) is 0 Å². The maximum absolute atomic E-state index is 12.4. The molecule has 31 heavy (non-hydrogen) atoms. The van der Waals surface area contributed by atoms with E-state index in [2.05, 4.69) is 10.3 Å². The Hall–Kier alpha value is -2.87. The summed E-state index contributed by atoms with van der Waals surface area (Å²) in [6.07, 6.45) is 1.65. The molecule has 1 fully saturated rings. The minimum Gasteiger partial charge on any atom is -0.497 e. The average molecular weight is 475 g/mol. The average Bonchev–Trinajstić information content (AvgIpc) is 3.36. The summed E-state index contributed by atoms with van der Waals surface area (Å²) in [7, 11) is 3.12. The fraction of sp³-hybridized carbons (Fsp3) is 0.0909. The normalized spacial score (nSPS) is 16.1. The molecule has 0 spiro atoms. The van der Waals surface area contributed by atoms with Crippen molar-refractivity contribution in [1.29, 1.82) is 0 Å². The van der Waals surface area contributed by atoms with E-state index >= 15 is 0 Å². The van der Waals surface area contributed by atoms with Gasteiger partial charge in [-0.2, -0.15) is 0 Å². The third-order valence-corrected chi connectivity index (χ3v) is 5.83. The lowest BCUT2D eigenvalue weighted by Crippen LogP contribution is -2.19. The van der Waals surface area contributed by atoms with Gasteiger partial charge in [-0.3, -0.25) is 4.79 Å². The monoisotopic (exact) mass is 474 g/mol. The van der Waals surface area contributed by atoms with Crippen LogP contribution in [0.3, 0.4) is 0 Å². The van der Waals surface area contributed by atoms with Crippen LogP contribution in [-0.2, 0) is 4.79 Å². The summed E-state index contributed by atoms with van der Waals surface area (Å²) in [5, 5.41) is 4.26. The van der Waals surface area contributed by atoms with E-state index in [-0.39, 0.29) is 5.91 Å². The van der Waals surface area contributed by atoms with Gasteiger partial charge in [0.25, 0.3) is 5.91 Å². The molecule has 1 amide bonds. The predicted molar refractivity (Wildman–Crippen MR) is 125 cm³/mol. The van der Waals surface area contributed by atoms with E-state index in [0.29, 0.717) is 54.4 Å². The first-order chi connectivity index (χ1) is 15.0. The van der Waals surface area contributed by atoms with Gasteiger partial charge in [-0.15, -0.1) is 0 Å². The lowest BCUT2D eigenvalue weighted by molar-refractivity contribution is -0.115. The molecule has 0 radical (unpaired) electrons. The molecule has 3 aromatic rings.